The van der Waals surface area contributed by atoms with Gasteiger partial charge in [-0.25, -0.2) is 4.68 Å². The third-order valence-corrected chi connectivity index (χ3v) is 5.68. The third-order valence-electron chi connectivity index (χ3n) is 5.68. The monoisotopic (exact) mass is 395 g/mol. The summed E-state index contributed by atoms with van der Waals surface area (Å²) in [5.74, 6) is 2.20. The second kappa shape index (κ2) is 7.54. The highest BCUT2D eigenvalue weighted by atomic mass is 16.5. The van der Waals surface area contributed by atoms with Crippen LogP contribution in [-0.2, 0) is 12.0 Å². The van der Waals surface area contributed by atoms with Crippen LogP contribution < -0.4 is 15.2 Å². The minimum absolute atomic E-state index is 0.128. The maximum Gasteiger partial charge on any atom is 0.263 e. The van der Waals surface area contributed by atoms with E-state index in [1.165, 1.54) is 5.56 Å². The number of H-pyrrole nitrogens is 1. The van der Waals surface area contributed by atoms with Gasteiger partial charge in [0.2, 0.25) is 5.95 Å². The number of ether oxygens (including phenoxy) is 1. The van der Waals surface area contributed by atoms with Crippen LogP contribution in [0.3, 0.4) is 0 Å². The smallest absolute Gasteiger partial charge is 0.263 e. The molecule has 1 aromatic carbocycles. The van der Waals surface area contributed by atoms with Crippen LogP contribution in [0.2, 0.25) is 0 Å². The van der Waals surface area contributed by atoms with E-state index < -0.39 is 0 Å². The first-order valence-corrected chi connectivity index (χ1v) is 10.2. The minimum Gasteiger partial charge on any atom is -0.496 e. The number of hydrogen-bond acceptors (Lipinski definition) is 5. The Bertz CT molecular complexity index is 1050. The molecule has 1 fully saturated rings. The Hall–Kier alpha value is -2.83. The number of nitrogens with zero attached hydrogens (tertiary/aromatic N) is 4. The van der Waals surface area contributed by atoms with Crippen molar-refractivity contribution in [3.8, 4) is 5.75 Å². The van der Waals surface area contributed by atoms with Crippen molar-refractivity contribution in [2.24, 2.45) is 5.92 Å². The van der Waals surface area contributed by atoms with Gasteiger partial charge in [-0.1, -0.05) is 18.2 Å². The van der Waals surface area contributed by atoms with Crippen molar-refractivity contribution in [3.63, 3.8) is 0 Å². The van der Waals surface area contributed by atoms with Crippen molar-refractivity contribution in [1.82, 2.24) is 19.7 Å². The number of aromatic amines is 1. The lowest BCUT2D eigenvalue weighted by atomic mass is 9.90. The molecule has 7 nitrogen and oxygen atoms in total. The Morgan fingerprint density at radius 3 is 2.62 bits per heavy atom. The number of piperidine rings is 1. The number of nitrogens with one attached hydrogen (secondary N) is 1. The topological polar surface area (TPSA) is 76.0 Å². The van der Waals surface area contributed by atoms with Crippen LogP contribution in [0.15, 0.2) is 35.3 Å². The maximum atomic E-state index is 12.6. The van der Waals surface area contributed by atoms with Gasteiger partial charge >= 0.3 is 0 Å². The van der Waals surface area contributed by atoms with Crippen molar-refractivity contribution in [2.75, 3.05) is 25.1 Å². The first-order valence-electron chi connectivity index (χ1n) is 10.2. The third kappa shape index (κ3) is 3.86. The highest BCUT2D eigenvalue weighted by Crippen LogP contribution is 2.28. The van der Waals surface area contributed by atoms with E-state index >= 15 is 0 Å². The van der Waals surface area contributed by atoms with E-state index in [-0.39, 0.29) is 11.1 Å². The molecule has 3 aromatic rings. The van der Waals surface area contributed by atoms with Crippen LogP contribution in [0, 0.1) is 5.92 Å². The lowest BCUT2D eigenvalue weighted by molar-refractivity contribution is 0.365. The van der Waals surface area contributed by atoms with Crippen LogP contribution in [0.25, 0.3) is 11.0 Å². The largest absolute Gasteiger partial charge is 0.496 e. The van der Waals surface area contributed by atoms with Crippen LogP contribution in [0.1, 0.15) is 39.2 Å². The number of hydrogen-bond donors (Lipinski definition) is 1. The molecule has 0 amide bonds. The Morgan fingerprint density at radius 1 is 1.21 bits per heavy atom. The van der Waals surface area contributed by atoms with Gasteiger partial charge in [0.25, 0.3) is 5.56 Å². The van der Waals surface area contributed by atoms with E-state index in [4.69, 9.17) is 9.72 Å². The number of methoxy groups -OCH3 is 1. The molecule has 1 aliphatic heterocycles. The molecule has 1 N–H and O–H groups in total. The molecule has 29 heavy (non-hydrogen) atoms. The summed E-state index contributed by atoms with van der Waals surface area (Å²) in [6.45, 7) is 7.93. The number of anilines is 1. The van der Waals surface area contributed by atoms with E-state index in [1.807, 2.05) is 16.8 Å². The molecule has 7 heteroatoms. The molecule has 0 atom stereocenters. The Morgan fingerprint density at radius 2 is 1.93 bits per heavy atom. The Kier molecular flexibility index (Phi) is 5.06. The highest BCUT2D eigenvalue weighted by Gasteiger charge is 2.24. The number of para-hydroxylation sites is 1. The zero-order valence-electron chi connectivity index (χ0n) is 17.6. The van der Waals surface area contributed by atoms with E-state index in [9.17, 15) is 4.79 Å². The molecule has 0 spiro atoms. The first kappa shape index (κ1) is 19.5. The molecule has 0 bridgehead atoms. The molecule has 1 aliphatic rings. The van der Waals surface area contributed by atoms with Gasteiger partial charge < -0.3 is 9.64 Å². The first-order chi connectivity index (χ1) is 13.9. The summed E-state index contributed by atoms with van der Waals surface area (Å²) in [7, 11) is 1.72. The zero-order chi connectivity index (χ0) is 20.6. The second-order valence-electron chi connectivity index (χ2n) is 8.80. The average Bonchev–Trinajstić information content (AvgIpc) is 3.14. The molecule has 1 saturated heterocycles. The summed E-state index contributed by atoms with van der Waals surface area (Å²) in [6.07, 6.45) is 4.73. The summed E-state index contributed by atoms with van der Waals surface area (Å²) >= 11 is 0. The summed E-state index contributed by atoms with van der Waals surface area (Å²) in [5, 5.41) is 4.93. The summed E-state index contributed by atoms with van der Waals surface area (Å²) in [4.78, 5) is 22.5. The molecular formula is C22H29N5O2. The quantitative estimate of drug-likeness (QED) is 0.733. The molecule has 0 radical (unpaired) electrons. The van der Waals surface area contributed by atoms with Gasteiger partial charge in [-0.3, -0.25) is 9.78 Å². The van der Waals surface area contributed by atoms with Crippen molar-refractivity contribution in [2.45, 2.75) is 45.6 Å². The summed E-state index contributed by atoms with van der Waals surface area (Å²) in [6, 6.07) is 8.24. The van der Waals surface area contributed by atoms with Gasteiger partial charge in [0, 0.05) is 13.1 Å². The SMILES string of the molecule is COc1ccccc1CC1CCN(c2nc3c(cnn3C(C)(C)C)c(=O)[nH]2)CC1. The van der Waals surface area contributed by atoms with Gasteiger partial charge in [0.05, 0.1) is 18.8 Å². The molecule has 0 saturated carbocycles. The number of rotatable bonds is 4. The Balaban J connectivity index is 1.51. The van der Waals surface area contributed by atoms with Crippen molar-refractivity contribution in [3.05, 3.63) is 46.4 Å². The maximum absolute atomic E-state index is 12.6. The predicted octanol–water partition coefficient (Wildman–Crippen LogP) is 3.34. The Labute approximate surface area is 170 Å². The van der Waals surface area contributed by atoms with E-state index in [0.29, 0.717) is 22.9 Å². The lowest BCUT2D eigenvalue weighted by Gasteiger charge is -2.32. The van der Waals surface area contributed by atoms with E-state index in [2.05, 4.69) is 47.9 Å². The fourth-order valence-electron chi connectivity index (χ4n) is 4.08. The average molecular weight is 396 g/mol. The predicted molar refractivity (Wildman–Crippen MR) is 115 cm³/mol. The van der Waals surface area contributed by atoms with Gasteiger partial charge in [0.1, 0.15) is 11.1 Å². The minimum atomic E-state index is -0.235. The van der Waals surface area contributed by atoms with Crippen LogP contribution in [0.5, 0.6) is 5.75 Å². The van der Waals surface area contributed by atoms with E-state index in [1.54, 1.807) is 13.3 Å². The van der Waals surface area contributed by atoms with Gasteiger partial charge in [-0.05, 0) is 57.6 Å². The zero-order valence-corrected chi connectivity index (χ0v) is 17.6. The fourth-order valence-corrected chi connectivity index (χ4v) is 4.08. The molecule has 3 heterocycles. The van der Waals surface area contributed by atoms with Crippen LogP contribution >= 0.6 is 0 Å². The highest BCUT2D eigenvalue weighted by molar-refractivity contribution is 5.74. The van der Waals surface area contributed by atoms with Gasteiger partial charge in [-0.15, -0.1) is 0 Å². The van der Waals surface area contributed by atoms with Crippen LogP contribution in [-0.4, -0.2) is 39.9 Å². The standard InChI is InChI=1S/C22H29N5O2/c1-22(2,3)27-19-17(14-23-27)20(28)25-21(24-19)26-11-9-15(10-12-26)13-16-7-5-6-8-18(16)29-4/h5-8,14-15H,9-13H2,1-4H3,(H,24,25,28). The molecule has 2 aromatic heterocycles. The number of benzene rings is 1. The van der Waals surface area contributed by atoms with E-state index in [0.717, 1.165) is 38.1 Å². The molecule has 0 unspecified atom stereocenters. The van der Waals surface area contributed by atoms with Crippen LogP contribution in [0.4, 0.5) is 5.95 Å². The van der Waals surface area contributed by atoms with Crippen molar-refractivity contribution in [1.29, 1.82) is 0 Å². The molecule has 154 valence electrons. The number of fused-ring (bicyclic) bond motifs is 1. The molecule has 0 aliphatic carbocycles. The normalized spacial score (nSPS) is 15.8. The second-order valence-corrected chi connectivity index (χ2v) is 8.80. The fraction of sp³-hybridized carbons (Fsp3) is 0.500. The molecular weight excluding hydrogens is 366 g/mol. The summed E-state index contributed by atoms with van der Waals surface area (Å²) < 4.78 is 7.32. The van der Waals surface area contributed by atoms with Crippen molar-refractivity contribution < 1.29 is 4.74 Å². The number of aromatic nitrogens is 4. The lowest BCUT2D eigenvalue weighted by Crippen LogP contribution is -2.36. The van der Waals surface area contributed by atoms with Crippen molar-refractivity contribution >= 4 is 17.0 Å². The van der Waals surface area contributed by atoms with Gasteiger partial charge in [0.15, 0.2) is 5.65 Å². The van der Waals surface area contributed by atoms with Gasteiger partial charge in [-0.2, -0.15) is 10.1 Å². The summed E-state index contributed by atoms with van der Waals surface area (Å²) in [5.41, 5.74) is 1.54. The molecule has 4 rings (SSSR count).